The van der Waals surface area contributed by atoms with E-state index in [2.05, 4.69) is 16.4 Å². The maximum Gasteiger partial charge on any atom is 0.287 e. The number of benzene rings is 1. The van der Waals surface area contributed by atoms with Crippen LogP contribution < -0.4 is 10.1 Å². The Morgan fingerprint density at radius 1 is 1.12 bits per heavy atom. The van der Waals surface area contributed by atoms with Crippen LogP contribution in [0, 0.1) is 27.7 Å². The Labute approximate surface area is 152 Å². The molecule has 26 heavy (non-hydrogen) atoms. The minimum Gasteiger partial charge on any atom is -0.485 e. The van der Waals surface area contributed by atoms with E-state index in [1.54, 1.807) is 12.1 Å². The minimum absolute atomic E-state index is 0.211. The molecule has 0 atom stereocenters. The maximum atomic E-state index is 12.2. The number of furan rings is 1. The molecule has 0 saturated carbocycles. The third kappa shape index (κ3) is 4.14. The van der Waals surface area contributed by atoms with E-state index in [1.165, 1.54) is 5.56 Å². The Kier molecular flexibility index (Phi) is 5.11. The normalized spacial score (nSPS) is 10.8. The van der Waals surface area contributed by atoms with E-state index in [-0.39, 0.29) is 24.8 Å². The molecule has 6 heteroatoms. The monoisotopic (exact) mass is 354 g/mol. The zero-order valence-corrected chi connectivity index (χ0v) is 15.4. The van der Waals surface area contributed by atoms with Gasteiger partial charge in [0.1, 0.15) is 23.9 Å². The molecule has 0 fully saturated rings. The first-order valence-electron chi connectivity index (χ1n) is 8.42. The number of rotatable bonds is 6. The van der Waals surface area contributed by atoms with Crippen LogP contribution in [0.3, 0.4) is 0 Å². The molecule has 3 aromatic rings. The molecule has 1 N–H and O–H groups in total. The lowest BCUT2D eigenvalue weighted by Gasteiger charge is -2.08. The van der Waals surface area contributed by atoms with Crippen LogP contribution in [-0.4, -0.2) is 10.9 Å². The number of nitrogens with one attached hydrogen (secondary N) is 1. The van der Waals surface area contributed by atoms with Crippen molar-refractivity contribution in [2.24, 2.45) is 0 Å². The average molecular weight is 354 g/mol. The molecule has 6 nitrogen and oxygen atoms in total. The van der Waals surface area contributed by atoms with Crippen LogP contribution in [0.15, 0.2) is 39.2 Å². The second-order valence-corrected chi connectivity index (χ2v) is 6.26. The van der Waals surface area contributed by atoms with E-state index in [1.807, 2.05) is 39.8 Å². The molecular weight excluding hydrogens is 332 g/mol. The Morgan fingerprint density at radius 2 is 1.92 bits per heavy atom. The first-order chi connectivity index (χ1) is 12.4. The summed E-state index contributed by atoms with van der Waals surface area (Å²) in [4.78, 5) is 16.4. The van der Waals surface area contributed by atoms with Gasteiger partial charge >= 0.3 is 0 Å². The van der Waals surface area contributed by atoms with Crippen LogP contribution >= 0.6 is 0 Å². The van der Waals surface area contributed by atoms with Crippen molar-refractivity contribution in [2.45, 2.75) is 40.8 Å². The number of ether oxygens (including phenoxy) is 1. The van der Waals surface area contributed by atoms with Gasteiger partial charge in [0.25, 0.3) is 5.91 Å². The lowest BCUT2D eigenvalue weighted by atomic mass is 10.1. The predicted molar refractivity (Wildman–Crippen MR) is 96.1 cm³/mol. The molecule has 136 valence electrons. The molecule has 1 aromatic carbocycles. The first kappa shape index (κ1) is 17.8. The molecule has 0 radical (unpaired) electrons. The number of hydrogen-bond donors (Lipinski definition) is 1. The second-order valence-electron chi connectivity index (χ2n) is 6.26. The number of aryl methyl sites for hydroxylation is 4. The average Bonchev–Trinajstić information content (AvgIpc) is 3.19. The Hall–Kier alpha value is -3.02. The quantitative estimate of drug-likeness (QED) is 0.724. The van der Waals surface area contributed by atoms with Gasteiger partial charge in [-0.25, -0.2) is 4.98 Å². The molecule has 2 aromatic heterocycles. The van der Waals surface area contributed by atoms with Gasteiger partial charge in [0, 0.05) is 0 Å². The van der Waals surface area contributed by atoms with Crippen molar-refractivity contribution in [3.05, 3.63) is 70.3 Å². The summed E-state index contributed by atoms with van der Waals surface area (Å²) in [6.45, 7) is 8.20. The zero-order chi connectivity index (χ0) is 18.7. The molecule has 0 spiro atoms. The van der Waals surface area contributed by atoms with Crippen molar-refractivity contribution >= 4 is 5.91 Å². The molecule has 0 unspecified atom stereocenters. The van der Waals surface area contributed by atoms with Crippen molar-refractivity contribution in [2.75, 3.05) is 0 Å². The fraction of sp³-hybridized carbons (Fsp3) is 0.300. The van der Waals surface area contributed by atoms with Crippen LogP contribution in [-0.2, 0) is 13.2 Å². The van der Waals surface area contributed by atoms with Gasteiger partial charge in [0.15, 0.2) is 5.76 Å². The molecule has 1 amide bonds. The van der Waals surface area contributed by atoms with Gasteiger partial charge in [-0.15, -0.1) is 0 Å². The van der Waals surface area contributed by atoms with Gasteiger partial charge in [-0.3, -0.25) is 4.79 Å². The highest BCUT2D eigenvalue weighted by Crippen LogP contribution is 2.20. The molecule has 0 bridgehead atoms. The SMILES string of the molecule is Cc1ccc(OCc2ccc(C(=O)NCc3nc(C)c(C)o3)o2)c(C)c1. The Morgan fingerprint density at radius 3 is 2.62 bits per heavy atom. The smallest absolute Gasteiger partial charge is 0.287 e. The summed E-state index contributed by atoms with van der Waals surface area (Å²) in [5.41, 5.74) is 3.06. The van der Waals surface area contributed by atoms with E-state index in [4.69, 9.17) is 13.6 Å². The number of carbonyl (C=O) groups is 1. The highest BCUT2D eigenvalue weighted by atomic mass is 16.5. The highest BCUT2D eigenvalue weighted by Gasteiger charge is 2.13. The fourth-order valence-corrected chi connectivity index (χ4v) is 2.55. The lowest BCUT2D eigenvalue weighted by molar-refractivity contribution is 0.0915. The maximum absolute atomic E-state index is 12.2. The van der Waals surface area contributed by atoms with E-state index in [9.17, 15) is 4.79 Å². The van der Waals surface area contributed by atoms with Crippen LogP contribution in [0.4, 0.5) is 0 Å². The Bertz CT molecular complexity index is 904. The number of oxazole rings is 1. The predicted octanol–water partition coefficient (Wildman–Crippen LogP) is 4.01. The van der Waals surface area contributed by atoms with Crippen molar-refractivity contribution in [1.82, 2.24) is 10.3 Å². The summed E-state index contributed by atoms with van der Waals surface area (Å²) in [6, 6.07) is 9.35. The van der Waals surface area contributed by atoms with Crippen molar-refractivity contribution in [3.63, 3.8) is 0 Å². The minimum atomic E-state index is -0.323. The van der Waals surface area contributed by atoms with E-state index in [0.717, 1.165) is 22.8 Å². The largest absolute Gasteiger partial charge is 0.485 e. The molecule has 0 aliphatic rings. The molecule has 0 saturated heterocycles. The van der Waals surface area contributed by atoms with Crippen molar-refractivity contribution in [1.29, 1.82) is 0 Å². The number of amides is 1. The van der Waals surface area contributed by atoms with Gasteiger partial charge in [-0.2, -0.15) is 0 Å². The summed E-state index contributed by atoms with van der Waals surface area (Å²) in [5, 5.41) is 2.73. The zero-order valence-electron chi connectivity index (χ0n) is 15.4. The van der Waals surface area contributed by atoms with Gasteiger partial charge in [0.05, 0.1) is 12.2 Å². The van der Waals surface area contributed by atoms with Crippen molar-refractivity contribution < 1.29 is 18.4 Å². The molecule has 2 heterocycles. The van der Waals surface area contributed by atoms with Crippen LogP contribution in [0.5, 0.6) is 5.75 Å². The van der Waals surface area contributed by atoms with Gasteiger partial charge < -0.3 is 18.9 Å². The standard InChI is InChI=1S/C20H22N2O4/c1-12-5-7-17(13(2)9-12)24-11-16-6-8-18(26-16)20(23)21-10-19-22-14(3)15(4)25-19/h5-9H,10-11H2,1-4H3,(H,21,23). The van der Waals surface area contributed by atoms with Crippen LogP contribution in [0.25, 0.3) is 0 Å². The lowest BCUT2D eigenvalue weighted by Crippen LogP contribution is -2.22. The summed E-state index contributed by atoms with van der Waals surface area (Å²) in [7, 11) is 0. The first-order valence-corrected chi connectivity index (χ1v) is 8.42. The van der Waals surface area contributed by atoms with E-state index in [0.29, 0.717) is 11.7 Å². The summed E-state index contributed by atoms with van der Waals surface area (Å²) >= 11 is 0. The fourth-order valence-electron chi connectivity index (χ4n) is 2.55. The van der Waals surface area contributed by atoms with E-state index >= 15 is 0 Å². The van der Waals surface area contributed by atoms with E-state index < -0.39 is 0 Å². The third-order valence-corrected chi connectivity index (χ3v) is 4.06. The summed E-state index contributed by atoms with van der Waals surface area (Å²) in [6.07, 6.45) is 0. The van der Waals surface area contributed by atoms with Crippen LogP contribution in [0.1, 0.15) is 44.8 Å². The number of aromatic nitrogens is 1. The second kappa shape index (κ2) is 7.47. The van der Waals surface area contributed by atoms with Crippen LogP contribution in [0.2, 0.25) is 0 Å². The van der Waals surface area contributed by atoms with Gasteiger partial charge in [-0.05, 0) is 51.5 Å². The number of carbonyl (C=O) groups excluding carboxylic acids is 1. The molecule has 0 aliphatic carbocycles. The molecular formula is C20H22N2O4. The number of hydrogen-bond acceptors (Lipinski definition) is 5. The van der Waals surface area contributed by atoms with Crippen molar-refractivity contribution in [3.8, 4) is 5.75 Å². The molecule has 0 aliphatic heterocycles. The topological polar surface area (TPSA) is 77.5 Å². The summed E-state index contributed by atoms with van der Waals surface area (Å²) in [5.74, 6) is 2.50. The summed E-state index contributed by atoms with van der Waals surface area (Å²) < 4.78 is 16.8. The van der Waals surface area contributed by atoms with Gasteiger partial charge in [0.2, 0.25) is 5.89 Å². The third-order valence-electron chi connectivity index (χ3n) is 4.06. The molecule has 3 rings (SSSR count). The Balaban J connectivity index is 1.55. The number of nitrogens with zero attached hydrogens (tertiary/aromatic N) is 1. The van der Waals surface area contributed by atoms with Gasteiger partial charge in [-0.1, -0.05) is 17.7 Å². The highest BCUT2D eigenvalue weighted by molar-refractivity contribution is 5.91.